The highest BCUT2D eigenvalue weighted by atomic mass is 32.2. The van der Waals surface area contributed by atoms with E-state index in [1.165, 1.54) is 4.57 Å². The lowest BCUT2D eigenvalue weighted by atomic mass is 10.0. The molecule has 1 aromatic carbocycles. The lowest BCUT2D eigenvalue weighted by molar-refractivity contribution is 0.286. The fourth-order valence-corrected chi connectivity index (χ4v) is 3.64. The average Bonchev–Trinajstić information content (AvgIpc) is 3.54. The van der Waals surface area contributed by atoms with Gasteiger partial charge in [-0.25, -0.2) is 8.42 Å². The Labute approximate surface area is 168 Å². The maximum absolute atomic E-state index is 12.5. The normalized spacial score (nSPS) is 14.1. The van der Waals surface area contributed by atoms with E-state index < -0.39 is 10.0 Å². The molecule has 0 spiro atoms. The van der Waals surface area contributed by atoms with Gasteiger partial charge >= 0.3 is 0 Å². The van der Waals surface area contributed by atoms with E-state index in [4.69, 9.17) is 4.74 Å². The zero-order valence-corrected chi connectivity index (χ0v) is 17.1. The Morgan fingerprint density at radius 2 is 1.90 bits per heavy atom. The van der Waals surface area contributed by atoms with Crippen LogP contribution in [0.25, 0.3) is 21.9 Å². The van der Waals surface area contributed by atoms with Crippen LogP contribution in [0.4, 0.5) is 5.82 Å². The molecule has 0 saturated heterocycles. The fourth-order valence-electron chi connectivity index (χ4n) is 3.07. The number of nitrogens with one attached hydrogen (secondary N) is 1. The molecule has 0 aliphatic heterocycles. The molecule has 29 heavy (non-hydrogen) atoms. The smallest absolute Gasteiger partial charge is 0.258 e. The zero-order valence-electron chi connectivity index (χ0n) is 16.3. The molecule has 1 aliphatic carbocycles. The third-order valence-corrected chi connectivity index (χ3v) is 6.21. The van der Waals surface area contributed by atoms with Gasteiger partial charge in [-0.15, -0.1) is 10.2 Å². The summed E-state index contributed by atoms with van der Waals surface area (Å²) >= 11 is 0. The Hall–Kier alpha value is -2.94. The van der Waals surface area contributed by atoms with Crippen LogP contribution in [0.2, 0.25) is 0 Å². The van der Waals surface area contributed by atoms with Crippen molar-refractivity contribution in [3.63, 3.8) is 0 Å². The summed E-state index contributed by atoms with van der Waals surface area (Å²) in [5, 5.41) is 9.43. The largest absolute Gasteiger partial charge is 0.476 e. The van der Waals surface area contributed by atoms with Gasteiger partial charge in [-0.2, -0.15) is 0 Å². The SMILES string of the molecule is CCS(=O)(=O)Nc1cc(-c2cn(C)c(=O)c3ccccc23)c(OCC2CC2)nn1. The summed E-state index contributed by atoms with van der Waals surface area (Å²) in [6.45, 7) is 2.08. The van der Waals surface area contributed by atoms with Gasteiger partial charge in [0.15, 0.2) is 5.82 Å². The van der Waals surface area contributed by atoms with Crippen molar-refractivity contribution in [1.29, 1.82) is 0 Å². The second-order valence-electron chi connectivity index (χ2n) is 7.21. The van der Waals surface area contributed by atoms with E-state index in [1.807, 2.05) is 18.2 Å². The lowest BCUT2D eigenvalue weighted by Gasteiger charge is -2.14. The van der Waals surface area contributed by atoms with E-state index >= 15 is 0 Å². The van der Waals surface area contributed by atoms with Gasteiger partial charge in [-0.3, -0.25) is 9.52 Å². The van der Waals surface area contributed by atoms with Crippen LogP contribution in [-0.4, -0.2) is 35.5 Å². The third-order valence-electron chi connectivity index (χ3n) is 4.93. The fraction of sp³-hybridized carbons (Fsp3) is 0.350. The molecule has 152 valence electrons. The van der Waals surface area contributed by atoms with Crippen LogP contribution >= 0.6 is 0 Å². The summed E-state index contributed by atoms with van der Waals surface area (Å²) in [5.74, 6) is 0.866. The molecule has 2 aromatic heterocycles. The predicted molar refractivity (Wildman–Crippen MR) is 112 cm³/mol. The monoisotopic (exact) mass is 414 g/mol. The number of pyridine rings is 1. The number of benzene rings is 1. The van der Waals surface area contributed by atoms with Crippen LogP contribution in [0.3, 0.4) is 0 Å². The number of nitrogens with zero attached hydrogens (tertiary/aromatic N) is 3. The number of fused-ring (bicyclic) bond motifs is 1. The first-order chi connectivity index (χ1) is 13.9. The maximum Gasteiger partial charge on any atom is 0.258 e. The van der Waals surface area contributed by atoms with Gasteiger partial charge in [0, 0.05) is 24.2 Å². The van der Waals surface area contributed by atoms with Crippen LogP contribution in [0.15, 0.2) is 41.3 Å². The standard InChI is InChI=1S/C20H22N4O4S/c1-3-29(26,27)23-18-10-16(19(22-21-18)28-12-13-8-9-13)17-11-24(2)20(25)15-7-5-4-6-14(15)17/h4-7,10-11,13H,3,8-9,12H2,1-2H3,(H,21,23). The minimum Gasteiger partial charge on any atom is -0.476 e. The molecular weight excluding hydrogens is 392 g/mol. The van der Waals surface area contributed by atoms with Crippen molar-refractivity contribution < 1.29 is 13.2 Å². The Bertz CT molecular complexity index is 1230. The predicted octanol–water partition coefficient (Wildman–Crippen LogP) is 2.55. The second kappa shape index (κ2) is 7.47. The number of hydrogen-bond acceptors (Lipinski definition) is 6. The van der Waals surface area contributed by atoms with Crippen LogP contribution in [0.1, 0.15) is 19.8 Å². The van der Waals surface area contributed by atoms with E-state index in [2.05, 4.69) is 14.9 Å². The second-order valence-corrected chi connectivity index (χ2v) is 9.22. The van der Waals surface area contributed by atoms with Crippen molar-refractivity contribution in [2.75, 3.05) is 17.1 Å². The summed E-state index contributed by atoms with van der Waals surface area (Å²) < 4.78 is 33.8. The summed E-state index contributed by atoms with van der Waals surface area (Å²) in [4.78, 5) is 12.5. The molecule has 2 heterocycles. The first kappa shape index (κ1) is 19.4. The van der Waals surface area contributed by atoms with Crippen molar-refractivity contribution in [2.45, 2.75) is 19.8 Å². The maximum atomic E-state index is 12.5. The van der Waals surface area contributed by atoms with E-state index in [0.29, 0.717) is 29.4 Å². The zero-order chi connectivity index (χ0) is 20.6. The average molecular weight is 414 g/mol. The van der Waals surface area contributed by atoms with E-state index in [1.54, 1.807) is 32.3 Å². The first-order valence-corrected chi connectivity index (χ1v) is 11.1. The first-order valence-electron chi connectivity index (χ1n) is 9.47. The highest BCUT2D eigenvalue weighted by molar-refractivity contribution is 7.92. The van der Waals surface area contributed by atoms with Crippen molar-refractivity contribution in [1.82, 2.24) is 14.8 Å². The van der Waals surface area contributed by atoms with Gasteiger partial charge in [-0.1, -0.05) is 18.2 Å². The van der Waals surface area contributed by atoms with E-state index in [-0.39, 0.29) is 17.1 Å². The Morgan fingerprint density at radius 1 is 1.17 bits per heavy atom. The van der Waals surface area contributed by atoms with Crippen LogP contribution in [0.5, 0.6) is 5.88 Å². The minimum absolute atomic E-state index is 0.0767. The molecule has 1 fully saturated rings. The molecule has 1 aliphatic rings. The number of sulfonamides is 1. The van der Waals surface area contributed by atoms with Gasteiger partial charge in [0.25, 0.3) is 5.56 Å². The number of ether oxygens (including phenoxy) is 1. The van der Waals surface area contributed by atoms with Crippen molar-refractivity contribution in [2.24, 2.45) is 13.0 Å². The Morgan fingerprint density at radius 3 is 2.59 bits per heavy atom. The number of anilines is 1. The summed E-state index contributed by atoms with van der Waals surface area (Å²) in [5.41, 5.74) is 1.19. The number of hydrogen-bond donors (Lipinski definition) is 1. The van der Waals surface area contributed by atoms with Crippen molar-refractivity contribution in [3.05, 3.63) is 46.9 Å². The molecule has 9 heteroatoms. The molecule has 0 atom stereocenters. The molecule has 1 N–H and O–H groups in total. The molecular formula is C20H22N4O4S. The summed E-state index contributed by atoms with van der Waals surface area (Å²) in [6, 6.07) is 8.89. The van der Waals surface area contributed by atoms with Crippen LogP contribution < -0.4 is 15.0 Å². The lowest BCUT2D eigenvalue weighted by Crippen LogP contribution is -2.18. The summed E-state index contributed by atoms with van der Waals surface area (Å²) in [6.07, 6.45) is 3.96. The van der Waals surface area contributed by atoms with Crippen molar-refractivity contribution >= 4 is 26.6 Å². The van der Waals surface area contributed by atoms with Crippen LogP contribution in [-0.2, 0) is 17.1 Å². The molecule has 3 aromatic rings. The van der Waals surface area contributed by atoms with Gasteiger partial charge in [0.1, 0.15) is 0 Å². The number of aromatic nitrogens is 3. The summed E-state index contributed by atoms with van der Waals surface area (Å²) in [7, 11) is -1.83. The molecule has 0 radical (unpaired) electrons. The minimum atomic E-state index is -3.51. The third kappa shape index (κ3) is 4.09. The van der Waals surface area contributed by atoms with Crippen LogP contribution in [0, 0.1) is 5.92 Å². The highest BCUT2D eigenvalue weighted by Crippen LogP contribution is 2.36. The van der Waals surface area contributed by atoms with Gasteiger partial charge in [0.2, 0.25) is 15.9 Å². The Kier molecular flexibility index (Phi) is 4.99. The van der Waals surface area contributed by atoms with Gasteiger partial charge in [-0.05, 0) is 43.2 Å². The van der Waals surface area contributed by atoms with E-state index in [9.17, 15) is 13.2 Å². The molecule has 0 amide bonds. The quantitative estimate of drug-likeness (QED) is 0.637. The number of rotatable bonds is 7. The molecule has 4 rings (SSSR count). The van der Waals surface area contributed by atoms with Gasteiger partial charge < -0.3 is 9.30 Å². The topological polar surface area (TPSA) is 103 Å². The Balaban J connectivity index is 1.89. The molecule has 0 unspecified atom stereocenters. The highest BCUT2D eigenvalue weighted by Gasteiger charge is 2.24. The van der Waals surface area contributed by atoms with E-state index in [0.717, 1.165) is 23.8 Å². The molecule has 0 bridgehead atoms. The van der Waals surface area contributed by atoms with Crippen molar-refractivity contribution in [3.8, 4) is 17.0 Å². The molecule has 8 nitrogen and oxygen atoms in total. The van der Waals surface area contributed by atoms with Gasteiger partial charge in [0.05, 0.1) is 17.9 Å². The molecule has 1 saturated carbocycles. The number of aryl methyl sites for hydroxylation is 1.